The van der Waals surface area contributed by atoms with Crippen molar-refractivity contribution in [3.63, 3.8) is 0 Å². The van der Waals surface area contributed by atoms with Gasteiger partial charge in [0.1, 0.15) is 23.0 Å². The maximum Gasteiger partial charge on any atom is 0.123 e. The molecule has 0 aliphatic rings. The highest BCUT2D eigenvalue weighted by Crippen LogP contribution is 2.32. The van der Waals surface area contributed by atoms with Gasteiger partial charge in [-0.15, -0.1) is 5.10 Å². The molecule has 25 heavy (non-hydrogen) atoms. The van der Waals surface area contributed by atoms with Gasteiger partial charge in [0.15, 0.2) is 0 Å². The van der Waals surface area contributed by atoms with E-state index in [2.05, 4.69) is 10.3 Å². The van der Waals surface area contributed by atoms with Gasteiger partial charge in [-0.25, -0.2) is 13.5 Å². The summed E-state index contributed by atoms with van der Waals surface area (Å²) in [6.07, 6.45) is 0. The number of nitrogens with zero attached hydrogens (tertiary/aromatic N) is 3. The van der Waals surface area contributed by atoms with Crippen LogP contribution in [0.4, 0.5) is 8.78 Å². The van der Waals surface area contributed by atoms with E-state index in [9.17, 15) is 8.78 Å². The number of rotatable bonds is 3. The molecular formula is C20H13F2N3. The van der Waals surface area contributed by atoms with Crippen LogP contribution in [0.3, 0.4) is 0 Å². The van der Waals surface area contributed by atoms with Crippen molar-refractivity contribution in [2.45, 2.75) is 0 Å². The highest BCUT2D eigenvalue weighted by molar-refractivity contribution is 5.79. The van der Waals surface area contributed by atoms with Crippen LogP contribution in [0.1, 0.15) is 0 Å². The second-order valence-electron chi connectivity index (χ2n) is 5.55. The quantitative estimate of drug-likeness (QED) is 0.535. The molecule has 0 unspecified atom stereocenters. The van der Waals surface area contributed by atoms with E-state index >= 15 is 0 Å². The molecule has 0 saturated heterocycles. The Kier molecular flexibility index (Phi) is 3.82. The third-order valence-corrected chi connectivity index (χ3v) is 3.91. The van der Waals surface area contributed by atoms with Crippen LogP contribution < -0.4 is 0 Å². The van der Waals surface area contributed by atoms with E-state index in [1.54, 1.807) is 28.9 Å². The molecule has 0 aliphatic carbocycles. The number of benzene rings is 3. The molecule has 0 fully saturated rings. The van der Waals surface area contributed by atoms with Crippen molar-refractivity contribution < 1.29 is 8.78 Å². The summed E-state index contributed by atoms with van der Waals surface area (Å²) in [5.74, 6) is -0.625. The Morgan fingerprint density at radius 3 is 1.88 bits per heavy atom. The van der Waals surface area contributed by atoms with Crippen molar-refractivity contribution in [3.8, 4) is 28.2 Å². The van der Waals surface area contributed by atoms with Gasteiger partial charge >= 0.3 is 0 Å². The standard InChI is InChI=1S/C20H13F2N3/c21-16-8-6-14(7-9-16)19-20(15-4-2-1-3-5-15)25(24-23-19)18-12-10-17(22)11-13-18/h1-13H. The fourth-order valence-corrected chi connectivity index (χ4v) is 2.70. The molecule has 4 aromatic rings. The SMILES string of the molecule is Fc1ccc(-c2nnn(-c3ccc(F)cc3)c2-c2ccccc2)cc1. The fourth-order valence-electron chi connectivity index (χ4n) is 2.70. The van der Waals surface area contributed by atoms with E-state index in [1.807, 2.05) is 30.3 Å². The molecule has 3 nitrogen and oxygen atoms in total. The van der Waals surface area contributed by atoms with Crippen molar-refractivity contribution >= 4 is 0 Å². The molecule has 0 N–H and O–H groups in total. The minimum atomic E-state index is -0.316. The molecule has 0 bridgehead atoms. The van der Waals surface area contributed by atoms with Crippen LogP contribution in [0.2, 0.25) is 0 Å². The molecule has 0 amide bonds. The zero-order chi connectivity index (χ0) is 17.2. The summed E-state index contributed by atoms with van der Waals surface area (Å²) in [5, 5.41) is 8.53. The first kappa shape index (κ1) is 15.2. The van der Waals surface area contributed by atoms with Crippen LogP contribution in [0.15, 0.2) is 78.9 Å². The van der Waals surface area contributed by atoms with Crippen molar-refractivity contribution in [1.29, 1.82) is 0 Å². The fraction of sp³-hybridized carbons (Fsp3) is 0. The summed E-state index contributed by atoms with van der Waals surface area (Å²) in [5.41, 5.74) is 3.76. The smallest absolute Gasteiger partial charge is 0.123 e. The molecule has 0 aliphatic heterocycles. The van der Waals surface area contributed by atoms with Gasteiger partial charge in [-0.05, 0) is 48.5 Å². The lowest BCUT2D eigenvalue weighted by molar-refractivity contribution is 0.626. The maximum atomic E-state index is 13.3. The molecule has 0 spiro atoms. The van der Waals surface area contributed by atoms with Gasteiger partial charge in [0.25, 0.3) is 0 Å². The van der Waals surface area contributed by atoms with E-state index < -0.39 is 0 Å². The molecular weight excluding hydrogens is 320 g/mol. The summed E-state index contributed by atoms with van der Waals surface area (Å²) >= 11 is 0. The Morgan fingerprint density at radius 2 is 1.24 bits per heavy atom. The van der Waals surface area contributed by atoms with Crippen LogP contribution in [0, 0.1) is 11.6 Å². The molecule has 1 heterocycles. The molecule has 3 aromatic carbocycles. The third-order valence-electron chi connectivity index (χ3n) is 3.91. The molecule has 1 aromatic heterocycles. The molecule has 0 radical (unpaired) electrons. The average molecular weight is 333 g/mol. The molecule has 5 heteroatoms. The minimum Gasteiger partial charge on any atom is -0.212 e. The van der Waals surface area contributed by atoms with Crippen LogP contribution in [0.5, 0.6) is 0 Å². The Morgan fingerprint density at radius 1 is 0.640 bits per heavy atom. The van der Waals surface area contributed by atoms with Gasteiger partial charge in [0.05, 0.1) is 5.69 Å². The summed E-state index contributed by atoms with van der Waals surface area (Å²) in [6, 6.07) is 21.8. The predicted octanol–water partition coefficient (Wildman–Crippen LogP) is 4.88. The summed E-state index contributed by atoms with van der Waals surface area (Å²) in [7, 11) is 0. The van der Waals surface area contributed by atoms with E-state index in [0.717, 1.165) is 16.8 Å². The van der Waals surface area contributed by atoms with Gasteiger partial charge in [-0.1, -0.05) is 35.5 Å². The molecule has 4 rings (SSSR count). The van der Waals surface area contributed by atoms with Crippen LogP contribution in [-0.2, 0) is 0 Å². The molecule has 0 saturated carbocycles. The molecule has 122 valence electrons. The second kappa shape index (κ2) is 6.28. The van der Waals surface area contributed by atoms with Crippen LogP contribution in [0.25, 0.3) is 28.2 Å². The zero-order valence-corrected chi connectivity index (χ0v) is 13.1. The first-order valence-corrected chi connectivity index (χ1v) is 7.75. The maximum absolute atomic E-state index is 13.3. The number of hydrogen-bond acceptors (Lipinski definition) is 2. The average Bonchev–Trinajstić information content (AvgIpc) is 3.09. The Labute approximate surface area is 143 Å². The number of aromatic nitrogens is 3. The number of halogens is 2. The third kappa shape index (κ3) is 2.92. The largest absolute Gasteiger partial charge is 0.212 e. The summed E-state index contributed by atoms with van der Waals surface area (Å²) < 4.78 is 28.2. The van der Waals surface area contributed by atoms with E-state index in [0.29, 0.717) is 11.4 Å². The normalized spacial score (nSPS) is 10.8. The topological polar surface area (TPSA) is 30.7 Å². The second-order valence-corrected chi connectivity index (χ2v) is 5.55. The van der Waals surface area contributed by atoms with Crippen molar-refractivity contribution in [2.24, 2.45) is 0 Å². The van der Waals surface area contributed by atoms with Gasteiger partial charge in [0, 0.05) is 11.1 Å². The highest BCUT2D eigenvalue weighted by atomic mass is 19.1. The van der Waals surface area contributed by atoms with Gasteiger partial charge in [-0.3, -0.25) is 0 Å². The van der Waals surface area contributed by atoms with Crippen molar-refractivity contribution in [1.82, 2.24) is 15.0 Å². The highest BCUT2D eigenvalue weighted by Gasteiger charge is 2.17. The van der Waals surface area contributed by atoms with Gasteiger partial charge in [-0.2, -0.15) is 0 Å². The van der Waals surface area contributed by atoms with E-state index in [4.69, 9.17) is 0 Å². The van der Waals surface area contributed by atoms with Gasteiger partial charge in [0.2, 0.25) is 0 Å². The van der Waals surface area contributed by atoms with Gasteiger partial charge < -0.3 is 0 Å². The van der Waals surface area contributed by atoms with E-state index in [1.165, 1.54) is 24.3 Å². The van der Waals surface area contributed by atoms with Crippen LogP contribution >= 0.6 is 0 Å². The van der Waals surface area contributed by atoms with Crippen LogP contribution in [-0.4, -0.2) is 15.0 Å². The van der Waals surface area contributed by atoms with Crippen molar-refractivity contribution in [3.05, 3.63) is 90.5 Å². The summed E-state index contributed by atoms with van der Waals surface area (Å²) in [6.45, 7) is 0. The first-order valence-electron chi connectivity index (χ1n) is 7.75. The zero-order valence-electron chi connectivity index (χ0n) is 13.1. The Hall–Kier alpha value is -3.34. The Balaban J connectivity index is 1.94. The number of hydrogen-bond donors (Lipinski definition) is 0. The predicted molar refractivity (Wildman–Crippen MR) is 92.1 cm³/mol. The summed E-state index contributed by atoms with van der Waals surface area (Å²) in [4.78, 5) is 0. The lowest BCUT2D eigenvalue weighted by Crippen LogP contribution is -1.99. The molecule has 0 atom stereocenters. The van der Waals surface area contributed by atoms with Crippen molar-refractivity contribution in [2.75, 3.05) is 0 Å². The lowest BCUT2D eigenvalue weighted by Gasteiger charge is -2.08. The minimum absolute atomic E-state index is 0.309. The first-order chi connectivity index (χ1) is 12.2. The monoisotopic (exact) mass is 333 g/mol. The lowest BCUT2D eigenvalue weighted by atomic mass is 10.0. The van der Waals surface area contributed by atoms with E-state index in [-0.39, 0.29) is 11.6 Å². The Bertz CT molecular complexity index is 929.